The van der Waals surface area contributed by atoms with Gasteiger partial charge in [-0.2, -0.15) is 0 Å². The highest BCUT2D eigenvalue weighted by molar-refractivity contribution is 5.17. The Morgan fingerprint density at radius 2 is 2.25 bits per heavy atom. The van der Waals surface area contributed by atoms with Crippen LogP contribution in [0.2, 0.25) is 0 Å². The zero-order valence-electron chi connectivity index (χ0n) is 13.2. The average Bonchev–Trinajstić information content (AvgIpc) is 2.83. The van der Waals surface area contributed by atoms with Crippen molar-refractivity contribution in [3.63, 3.8) is 0 Å². The van der Waals surface area contributed by atoms with E-state index in [1.165, 1.54) is 18.4 Å². The Labute approximate surface area is 122 Å². The predicted molar refractivity (Wildman–Crippen MR) is 80.6 cm³/mol. The van der Waals surface area contributed by atoms with E-state index < -0.39 is 0 Å². The summed E-state index contributed by atoms with van der Waals surface area (Å²) in [7, 11) is 1.81. The highest BCUT2D eigenvalue weighted by atomic mass is 16.5. The van der Waals surface area contributed by atoms with Crippen molar-refractivity contribution in [1.29, 1.82) is 0 Å². The quantitative estimate of drug-likeness (QED) is 0.900. The lowest BCUT2D eigenvalue weighted by atomic mass is 10.1. The predicted octanol–water partition coefficient (Wildman–Crippen LogP) is 2.78. The smallest absolute Gasteiger partial charge is 0.122 e. The number of piperidine rings is 1. The van der Waals surface area contributed by atoms with Crippen LogP contribution in [0.25, 0.3) is 0 Å². The number of nitrogens with zero attached hydrogens (tertiary/aromatic N) is 1. The van der Waals surface area contributed by atoms with Crippen LogP contribution in [0.5, 0.6) is 0 Å². The fraction of sp³-hybridized carbons (Fsp3) is 0.750. The molecule has 1 fully saturated rings. The molecule has 0 aliphatic carbocycles. The minimum Gasteiger partial charge on any atom is -0.468 e. The molecule has 1 unspecified atom stereocenters. The maximum absolute atomic E-state index is 5.63. The molecule has 2 heterocycles. The van der Waals surface area contributed by atoms with Crippen LogP contribution >= 0.6 is 0 Å². The van der Waals surface area contributed by atoms with Crippen molar-refractivity contribution in [3.8, 4) is 0 Å². The first-order chi connectivity index (χ1) is 9.48. The van der Waals surface area contributed by atoms with E-state index in [0.717, 1.165) is 31.9 Å². The van der Waals surface area contributed by atoms with Crippen molar-refractivity contribution in [2.24, 2.45) is 0 Å². The summed E-state index contributed by atoms with van der Waals surface area (Å²) in [4.78, 5) is 2.46. The third kappa shape index (κ3) is 4.62. The summed E-state index contributed by atoms with van der Waals surface area (Å²) in [6.45, 7) is 10.4. The summed E-state index contributed by atoms with van der Waals surface area (Å²) in [5.41, 5.74) is 1.40. The van der Waals surface area contributed by atoms with Gasteiger partial charge in [0.2, 0.25) is 0 Å². The van der Waals surface area contributed by atoms with Gasteiger partial charge in [0.1, 0.15) is 5.76 Å². The van der Waals surface area contributed by atoms with Gasteiger partial charge in [0.15, 0.2) is 0 Å². The standard InChI is InChI=1S/C16H28N2O2/c1-16(2,3)17-10-15-13(7-9-20-15)11-18-8-5-6-14(12-18)19-4/h7,9,14,17H,5-6,8,10-12H2,1-4H3. The second-order valence-corrected chi connectivity index (χ2v) is 6.71. The molecule has 0 aromatic carbocycles. The highest BCUT2D eigenvalue weighted by Gasteiger charge is 2.21. The van der Waals surface area contributed by atoms with E-state index in [1.54, 1.807) is 6.26 Å². The number of furan rings is 1. The van der Waals surface area contributed by atoms with Gasteiger partial charge in [-0.05, 0) is 46.2 Å². The van der Waals surface area contributed by atoms with Gasteiger partial charge in [-0.15, -0.1) is 0 Å². The number of hydrogen-bond donors (Lipinski definition) is 1. The minimum atomic E-state index is 0.107. The molecule has 0 radical (unpaired) electrons. The zero-order chi connectivity index (χ0) is 14.6. The van der Waals surface area contributed by atoms with Crippen molar-refractivity contribution in [1.82, 2.24) is 10.2 Å². The molecule has 0 saturated carbocycles. The molecule has 1 aliphatic rings. The Bertz CT molecular complexity index is 409. The van der Waals surface area contributed by atoms with Crippen molar-refractivity contribution < 1.29 is 9.15 Å². The molecule has 1 aromatic rings. The molecule has 114 valence electrons. The van der Waals surface area contributed by atoms with E-state index in [-0.39, 0.29) is 5.54 Å². The summed E-state index contributed by atoms with van der Waals surface area (Å²) in [6.07, 6.45) is 4.57. The number of methoxy groups -OCH3 is 1. The first-order valence-corrected chi connectivity index (χ1v) is 7.53. The third-order valence-corrected chi connectivity index (χ3v) is 3.81. The summed E-state index contributed by atoms with van der Waals surface area (Å²) >= 11 is 0. The molecular formula is C16H28N2O2. The van der Waals surface area contributed by atoms with Gasteiger partial charge in [-0.3, -0.25) is 4.90 Å². The van der Waals surface area contributed by atoms with Crippen LogP contribution in [-0.4, -0.2) is 36.7 Å². The molecular weight excluding hydrogens is 252 g/mol. The fourth-order valence-electron chi connectivity index (χ4n) is 2.60. The van der Waals surface area contributed by atoms with Crippen molar-refractivity contribution in [2.75, 3.05) is 20.2 Å². The second kappa shape index (κ2) is 6.74. The van der Waals surface area contributed by atoms with E-state index >= 15 is 0 Å². The molecule has 1 N–H and O–H groups in total. The molecule has 1 aliphatic heterocycles. The molecule has 4 heteroatoms. The molecule has 20 heavy (non-hydrogen) atoms. The molecule has 0 amide bonds. The second-order valence-electron chi connectivity index (χ2n) is 6.71. The Balaban J connectivity index is 1.91. The van der Waals surface area contributed by atoms with Gasteiger partial charge >= 0.3 is 0 Å². The van der Waals surface area contributed by atoms with Crippen molar-refractivity contribution in [2.45, 2.75) is 58.3 Å². The first kappa shape index (κ1) is 15.5. The summed E-state index contributed by atoms with van der Waals surface area (Å²) in [5, 5.41) is 3.48. The van der Waals surface area contributed by atoms with Crippen LogP contribution in [0.1, 0.15) is 44.9 Å². The number of rotatable bonds is 5. The van der Waals surface area contributed by atoms with Crippen LogP contribution in [0.3, 0.4) is 0 Å². The lowest BCUT2D eigenvalue weighted by Gasteiger charge is -2.31. The third-order valence-electron chi connectivity index (χ3n) is 3.81. The van der Waals surface area contributed by atoms with E-state index in [9.17, 15) is 0 Å². The fourth-order valence-corrected chi connectivity index (χ4v) is 2.60. The average molecular weight is 280 g/mol. The van der Waals surface area contributed by atoms with E-state index in [4.69, 9.17) is 9.15 Å². The Kier molecular flexibility index (Phi) is 5.24. The lowest BCUT2D eigenvalue weighted by molar-refractivity contribution is 0.0283. The molecule has 4 nitrogen and oxygen atoms in total. The Morgan fingerprint density at radius 1 is 1.45 bits per heavy atom. The van der Waals surface area contributed by atoms with E-state index in [2.05, 4.69) is 37.1 Å². The summed E-state index contributed by atoms with van der Waals surface area (Å²) < 4.78 is 11.1. The number of nitrogens with one attached hydrogen (secondary N) is 1. The summed E-state index contributed by atoms with van der Waals surface area (Å²) in [6, 6.07) is 2.09. The van der Waals surface area contributed by atoms with Crippen molar-refractivity contribution >= 4 is 0 Å². The Hall–Kier alpha value is -0.840. The van der Waals surface area contributed by atoms with E-state index in [1.807, 2.05) is 7.11 Å². The van der Waals surface area contributed by atoms with Gasteiger partial charge in [-0.1, -0.05) is 0 Å². The topological polar surface area (TPSA) is 37.6 Å². The maximum Gasteiger partial charge on any atom is 0.122 e. The molecule has 0 bridgehead atoms. The summed E-state index contributed by atoms with van der Waals surface area (Å²) in [5.74, 6) is 1.06. The molecule has 1 saturated heterocycles. The van der Waals surface area contributed by atoms with Crippen LogP contribution in [0.4, 0.5) is 0 Å². The zero-order valence-corrected chi connectivity index (χ0v) is 13.2. The van der Waals surface area contributed by atoms with Crippen LogP contribution in [0, 0.1) is 0 Å². The minimum absolute atomic E-state index is 0.107. The number of ether oxygens (including phenoxy) is 1. The molecule has 2 rings (SSSR count). The van der Waals surface area contributed by atoms with Crippen LogP contribution in [-0.2, 0) is 17.8 Å². The Morgan fingerprint density at radius 3 is 2.95 bits per heavy atom. The van der Waals surface area contributed by atoms with Crippen LogP contribution < -0.4 is 5.32 Å². The van der Waals surface area contributed by atoms with Gasteiger partial charge in [0.05, 0.1) is 18.9 Å². The van der Waals surface area contributed by atoms with Crippen molar-refractivity contribution in [3.05, 3.63) is 23.7 Å². The normalized spacial score (nSPS) is 21.3. The monoisotopic (exact) mass is 280 g/mol. The number of likely N-dealkylation sites (tertiary alicyclic amines) is 1. The first-order valence-electron chi connectivity index (χ1n) is 7.53. The largest absolute Gasteiger partial charge is 0.468 e. The molecule has 0 spiro atoms. The number of hydrogen-bond acceptors (Lipinski definition) is 4. The van der Waals surface area contributed by atoms with Gasteiger partial charge in [-0.25, -0.2) is 0 Å². The maximum atomic E-state index is 5.63. The molecule has 1 aromatic heterocycles. The van der Waals surface area contributed by atoms with Gasteiger partial charge < -0.3 is 14.5 Å². The van der Waals surface area contributed by atoms with Gasteiger partial charge in [0.25, 0.3) is 0 Å². The van der Waals surface area contributed by atoms with Gasteiger partial charge in [0, 0.05) is 31.3 Å². The highest BCUT2D eigenvalue weighted by Crippen LogP contribution is 2.19. The van der Waals surface area contributed by atoms with Crippen LogP contribution in [0.15, 0.2) is 16.7 Å². The lowest BCUT2D eigenvalue weighted by Crippen LogP contribution is -2.39. The molecule has 1 atom stereocenters. The SMILES string of the molecule is COC1CCCN(Cc2ccoc2CNC(C)(C)C)C1. The van der Waals surface area contributed by atoms with E-state index in [0.29, 0.717) is 6.10 Å².